The van der Waals surface area contributed by atoms with Crippen LogP contribution in [-0.4, -0.2) is 26.9 Å². The molecule has 4 heteroatoms. The summed E-state index contributed by atoms with van der Waals surface area (Å²) >= 11 is 0. The number of likely N-dealkylation sites (tertiary alicyclic amines) is 1. The van der Waals surface area contributed by atoms with Crippen LogP contribution < -0.4 is 0 Å². The first-order valence-corrected chi connectivity index (χ1v) is 6.37. The molecule has 0 radical (unpaired) electrons. The van der Waals surface area contributed by atoms with Gasteiger partial charge >= 0.3 is 0 Å². The molecule has 1 aromatic heterocycles. The first-order chi connectivity index (χ1) is 8.68. The highest BCUT2D eigenvalue weighted by atomic mass is 16.2. The molecule has 1 aliphatic heterocycles. The molecule has 0 aliphatic carbocycles. The molecule has 1 amide bonds. The van der Waals surface area contributed by atoms with Crippen LogP contribution >= 0.6 is 0 Å². The van der Waals surface area contributed by atoms with Crippen LogP contribution in [0.15, 0.2) is 24.3 Å². The second-order valence-electron chi connectivity index (χ2n) is 4.89. The fourth-order valence-electron chi connectivity index (χ4n) is 2.87. The summed E-state index contributed by atoms with van der Waals surface area (Å²) in [5.41, 5.74) is 2.13. The second kappa shape index (κ2) is 4.12. The van der Waals surface area contributed by atoms with Gasteiger partial charge in [-0.3, -0.25) is 4.79 Å². The van der Waals surface area contributed by atoms with Crippen molar-refractivity contribution in [3.8, 4) is 0 Å². The molecule has 2 aromatic rings. The van der Waals surface area contributed by atoms with E-state index in [-0.39, 0.29) is 11.9 Å². The lowest BCUT2D eigenvalue weighted by atomic mass is 10.2. The highest BCUT2D eigenvalue weighted by molar-refractivity contribution is 5.77. The van der Waals surface area contributed by atoms with E-state index >= 15 is 0 Å². The van der Waals surface area contributed by atoms with Crippen LogP contribution in [0.5, 0.6) is 0 Å². The predicted molar refractivity (Wildman–Crippen MR) is 70.1 cm³/mol. The summed E-state index contributed by atoms with van der Waals surface area (Å²) in [5.74, 6) is 1.15. The number of hydrogen-bond acceptors (Lipinski definition) is 2. The zero-order valence-electron chi connectivity index (χ0n) is 10.8. The van der Waals surface area contributed by atoms with Gasteiger partial charge in [0.1, 0.15) is 5.82 Å². The maximum absolute atomic E-state index is 11.6. The Hall–Kier alpha value is -1.84. The van der Waals surface area contributed by atoms with Crippen LogP contribution in [0, 0.1) is 0 Å². The summed E-state index contributed by atoms with van der Waals surface area (Å²) in [6.45, 7) is 2.49. The molecule has 18 heavy (non-hydrogen) atoms. The topological polar surface area (TPSA) is 38.1 Å². The van der Waals surface area contributed by atoms with Crippen LogP contribution in [-0.2, 0) is 11.8 Å². The molecule has 0 saturated carbocycles. The number of amides is 1. The third kappa shape index (κ3) is 1.60. The van der Waals surface area contributed by atoms with Crippen LogP contribution in [0.25, 0.3) is 11.0 Å². The van der Waals surface area contributed by atoms with E-state index in [1.165, 1.54) is 0 Å². The zero-order valence-corrected chi connectivity index (χ0v) is 10.8. The maximum Gasteiger partial charge on any atom is 0.220 e. The summed E-state index contributed by atoms with van der Waals surface area (Å²) in [6, 6.07) is 8.24. The molecule has 0 N–H and O–H groups in total. The van der Waals surface area contributed by atoms with Crippen molar-refractivity contribution in [1.29, 1.82) is 0 Å². The number of hydrogen-bond donors (Lipinski definition) is 0. The molecule has 0 spiro atoms. The molecule has 4 nitrogen and oxygen atoms in total. The highest BCUT2D eigenvalue weighted by Gasteiger charge is 2.31. The van der Waals surface area contributed by atoms with Crippen molar-refractivity contribution in [3.05, 3.63) is 30.1 Å². The molecule has 1 aliphatic rings. The van der Waals surface area contributed by atoms with Crippen molar-refractivity contribution >= 4 is 16.9 Å². The van der Waals surface area contributed by atoms with E-state index in [1.807, 2.05) is 30.1 Å². The van der Waals surface area contributed by atoms with Gasteiger partial charge in [0, 0.05) is 20.5 Å². The van der Waals surface area contributed by atoms with E-state index in [2.05, 4.69) is 10.6 Å². The average molecular weight is 243 g/mol. The Kier molecular flexibility index (Phi) is 2.58. The van der Waals surface area contributed by atoms with Crippen molar-refractivity contribution < 1.29 is 4.79 Å². The van der Waals surface area contributed by atoms with Crippen molar-refractivity contribution in [2.75, 3.05) is 6.54 Å². The van der Waals surface area contributed by atoms with Crippen LogP contribution in [0.3, 0.4) is 0 Å². The molecule has 94 valence electrons. The minimum Gasteiger partial charge on any atom is -0.333 e. The van der Waals surface area contributed by atoms with Crippen molar-refractivity contribution in [2.45, 2.75) is 25.8 Å². The smallest absolute Gasteiger partial charge is 0.220 e. The number of nitrogens with zero attached hydrogens (tertiary/aromatic N) is 3. The monoisotopic (exact) mass is 243 g/mol. The molecule has 0 unspecified atom stereocenters. The zero-order chi connectivity index (χ0) is 12.7. The first-order valence-electron chi connectivity index (χ1n) is 6.37. The quantitative estimate of drug-likeness (QED) is 0.770. The summed E-state index contributed by atoms with van der Waals surface area (Å²) in [5, 5.41) is 0. The number of rotatable bonds is 1. The van der Waals surface area contributed by atoms with E-state index < -0.39 is 0 Å². The van der Waals surface area contributed by atoms with Crippen LogP contribution in [0.2, 0.25) is 0 Å². The molecule has 0 bridgehead atoms. The number of aryl methyl sites for hydroxylation is 1. The Morgan fingerprint density at radius 1 is 1.39 bits per heavy atom. The molecule has 2 heterocycles. The van der Waals surface area contributed by atoms with E-state index in [4.69, 9.17) is 4.98 Å². The Balaban J connectivity index is 2.09. The SMILES string of the molecule is CC(=O)N1CCC[C@H]1c1nc2ccccc2n1C. The number of aromatic nitrogens is 2. The fraction of sp³-hybridized carbons (Fsp3) is 0.429. The number of imidazole rings is 1. The lowest BCUT2D eigenvalue weighted by molar-refractivity contribution is -0.129. The van der Waals surface area contributed by atoms with Gasteiger partial charge < -0.3 is 9.47 Å². The normalized spacial score (nSPS) is 19.7. The largest absolute Gasteiger partial charge is 0.333 e. The summed E-state index contributed by atoms with van der Waals surface area (Å²) < 4.78 is 2.11. The summed E-state index contributed by atoms with van der Waals surface area (Å²) in [6.07, 6.45) is 2.07. The number of para-hydroxylation sites is 2. The van der Waals surface area contributed by atoms with Crippen molar-refractivity contribution in [3.63, 3.8) is 0 Å². The van der Waals surface area contributed by atoms with E-state index in [0.717, 1.165) is 36.2 Å². The van der Waals surface area contributed by atoms with Gasteiger partial charge in [-0.15, -0.1) is 0 Å². The number of carbonyl (C=O) groups is 1. The standard InChI is InChI=1S/C14H17N3O/c1-10(18)17-9-5-8-13(17)14-15-11-6-3-4-7-12(11)16(14)2/h3-4,6-7,13H,5,8-9H2,1-2H3/t13-/m0/s1. The molecule has 3 rings (SSSR count). The van der Waals surface area contributed by atoms with Gasteiger partial charge in [-0.2, -0.15) is 0 Å². The lowest BCUT2D eigenvalue weighted by Gasteiger charge is -2.22. The molecule has 1 saturated heterocycles. The van der Waals surface area contributed by atoms with E-state index in [0.29, 0.717) is 0 Å². The van der Waals surface area contributed by atoms with Gasteiger partial charge in [-0.1, -0.05) is 12.1 Å². The van der Waals surface area contributed by atoms with Crippen molar-refractivity contribution in [2.24, 2.45) is 7.05 Å². The van der Waals surface area contributed by atoms with Crippen LogP contribution in [0.4, 0.5) is 0 Å². The minimum atomic E-state index is 0.139. The highest BCUT2D eigenvalue weighted by Crippen LogP contribution is 2.32. The fourth-order valence-corrected chi connectivity index (χ4v) is 2.87. The van der Waals surface area contributed by atoms with Gasteiger partial charge in [0.25, 0.3) is 0 Å². The van der Waals surface area contributed by atoms with Gasteiger partial charge in [0.15, 0.2) is 0 Å². The third-order valence-electron chi connectivity index (χ3n) is 3.78. The number of benzene rings is 1. The summed E-state index contributed by atoms with van der Waals surface area (Å²) in [4.78, 5) is 18.3. The Morgan fingerprint density at radius 3 is 2.89 bits per heavy atom. The van der Waals surface area contributed by atoms with E-state index in [9.17, 15) is 4.79 Å². The van der Waals surface area contributed by atoms with Gasteiger partial charge in [0.2, 0.25) is 5.91 Å². The Morgan fingerprint density at radius 2 is 2.17 bits per heavy atom. The third-order valence-corrected chi connectivity index (χ3v) is 3.78. The molecular formula is C14H17N3O. The lowest BCUT2D eigenvalue weighted by Crippen LogP contribution is -2.29. The second-order valence-corrected chi connectivity index (χ2v) is 4.89. The van der Waals surface area contributed by atoms with Crippen LogP contribution in [0.1, 0.15) is 31.6 Å². The average Bonchev–Trinajstić information content (AvgIpc) is 2.94. The molecule has 1 aromatic carbocycles. The predicted octanol–water partition coefficient (Wildman–Crippen LogP) is 2.26. The number of fused-ring (bicyclic) bond motifs is 1. The molecular weight excluding hydrogens is 226 g/mol. The number of carbonyl (C=O) groups excluding carboxylic acids is 1. The maximum atomic E-state index is 11.6. The van der Waals surface area contributed by atoms with Gasteiger partial charge in [0.05, 0.1) is 17.1 Å². The van der Waals surface area contributed by atoms with E-state index in [1.54, 1.807) is 6.92 Å². The summed E-state index contributed by atoms with van der Waals surface area (Å²) in [7, 11) is 2.03. The Labute approximate surface area is 106 Å². The van der Waals surface area contributed by atoms with Gasteiger partial charge in [-0.25, -0.2) is 4.98 Å². The molecule has 1 fully saturated rings. The Bertz CT molecular complexity index is 602. The van der Waals surface area contributed by atoms with Gasteiger partial charge in [-0.05, 0) is 25.0 Å². The first kappa shape index (κ1) is 11.3. The molecule has 1 atom stereocenters. The van der Waals surface area contributed by atoms with Crippen molar-refractivity contribution in [1.82, 2.24) is 14.5 Å². The minimum absolute atomic E-state index is 0.139.